The summed E-state index contributed by atoms with van der Waals surface area (Å²) in [5, 5.41) is 3.72. The highest BCUT2D eigenvalue weighted by atomic mass is 35.5. The van der Waals surface area contributed by atoms with E-state index in [2.05, 4.69) is 5.43 Å². The van der Waals surface area contributed by atoms with Gasteiger partial charge in [-0.2, -0.15) is 0 Å². The first kappa shape index (κ1) is 12.6. The molecule has 1 aliphatic heterocycles. The fraction of sp³-hybridized carbons (Fsp3) is 0.167. The lowest BCUT2D eigenvalue weighted by molar-refractivity contribution is 0.300. The molecule has 1 aromatic rings. The molecule has 1 aliphatic rings. The average Bonchev–Trinajstić information content (AvgIpc) is 2.30. The Morgan fingerprint density at radius 3 is 2.71 bits per heavy atom. The predicted molar refractivity (Wildman–Crippen MR) is 72.9 cm³/mol. The van der Waals surface area contributed by atoms with Crippen molar-refractivity contribution in [2.75, 3.05) is 6.54 Å². The molecule has 0 fully saturated rings. The highest BCUT2D eigenvalue weighted by Gasteiger charge is 2.11. The van der Waals surface area contributed by atoms with Gasteiger partial charge in [0.05, 0.1) is 0 Å². The van der Waals surface area contributed by atoms with Crippen LogP contribution in [0.2, 0.25) is 5.02 Å². The maximum Gasteiger partial charge on any atom is 0.123 e. The van der Waals surface area contributed by atoms with Crippen LogP contribution < -0.4 is 5.43 Å². The van der Waals surface area contributed by atoms with E-state index in [1.54, 1.807) is 17.2 Å². The van der Waals surface area contributed by atoms with Gasteiger partial charge in [0, 0.05) is 11.6 Å². The standard InChI is InChI=1S/C12H11Cl3N2/c13-10-3-1-2-9(8-10)6-7-17-12(15)5-4-11(14)16-17/h1-5,8,16H,6-7H2. The molecule has 1 heterocycles. The molecule has 0 saturated carbocycles. The first-order valence-corrected chi connectivity index (χ1v) is 6.30. The van der Waals surface area contributed by atoms with Crippen LogP contribution in [0.5, 0.6) is 0 Å². The van der Waals surface area contributed by atoms with Crippen molar-refractivity contribution in [2.24, 2.45) is 0 Å². The van der Waals surface area contributed by atoms with E-state index in [0.29, 0.717) is 10.3 Å². The van der Waals surface area contributed by atoms with Gasteiger partial charge in [-0.15, -0.1) is 0 Å². The molecule has 90 valence electrons. The van der Waals surface area contributed by atoms with Crippen molar-refractivity contribution in [1.82, 2.24) is 10.4 Å². The van der Waals surface area contributed by atoms with Crippen molar-refractivity contribution in [1.29, 1.82) is 0 Å². The zero-order valence-corrected chi connectivity index (χ0v) is 11.2. The summed E-state index contributed by atoms with van der Waals surface area (Å²) in [6, 6.07) is 7.77. The number of halogens is 3. The molecule has 17 heavy (non-hydrogen) atoms. The number of rotatable bonds is 3. The van der Waals surface area contributed by atoms with Gasteiger partial charge in [-0.05, 0) is 36.3 Å². The molecule has 0 amide bonds. The van der Waals surface area contributed by atoms with Crippen LogP contribution in [0.1, 0.15) is 5.56 Å². The Morgan fingerprint density at radius 2 is 1.94 bits per heavy atom. The summed E-state index contributed by atoms with van der Waals surface area (Å²) in [5.41, 5.74) is 4.14. The fourth-order valence-corrected chi connectivity index (χ4v) is 2.12. The van der Waals surface area contributed by atoms with Crippen molar-refractivity contribution in [3.05, 3.63) is 57.3 Å². The van der Waals surface area contributed by atoms with E-state index in [-0.39, 0.29) is 0 Å². The third-order valence-corrected chi connectivity index (χ3v) is 3.16. The summed E-state index contributed by atoms with van der Waals surface area (Å²) in [6.45, 7) is 0.722. The molecular weight excluding hydrogens is 279 g/mol. The number of hydrogen-bond donors (Lipinski definition) is 1. The maximum atomic E-state index is 6.04. The molecular formula is C12H11Cl3N2. The van der Waals surface area contributed by atoms with Gasteiger partial charge in [-0.1, -0.05) is 46.9 Å². The van der Waals surface area contributed by atoms with Crippen molar-refractivity contribution >= 4 is 34.8 Å². The van der Waals surface area contributed by atoms with Gasteiger partial charge in [0.2, 0.25) is 0 Å². The summed E-state index contributed by atoms with van der Waals surface area (Å²) in [4.78, 5) is 0. The minimum absolute atomic E-state index is 0.556. The van der Waals surface area contributed by atoms with Crippen LogP contribution in [0.3, 0.4) is 0 Å². The molecule has 0 aromatic heterocycles. The van der Waals surface area contributed by atoms with E-state index in [1.807, 2.05) is 24.3 Å². The largest absolute Gasteiger partial charge is 0.287 e. The Kier molecular flexibility index (Phi) is 4.21. The molecule has 0 radical (unpaired) electrons. The van der Waals surface area contributed by atoms with Gasteiger partial charge in [-0.25, -0.2) is 0 Å². The lowest BCUT2D eigenvalue weighted by Gasteiger charge is -2.27. The van der Waals surface area contributed by atoms with Crippen LogP contribution in [0.25, 0.3) is 0 Å². The Morgan fingerprint density at radius 1 is 1.12 bits per heavy atom. The zero-order chi connectivity index (χ0) is 12.3. The minimum atomic E-state index is 0.556. The SMILES string of the molecule is ClC1=CC=C(Cl)N(CCc2cccc(Cl)c2)N1. The fourth-order valence-electron chi connectivity index (χ4n) is 1.55. The Balaban J connectivity index is 1.95. The van der Waals surface area contributed by atoms with E-state index in [0.717, 1.165) is 23.6 Å². The van der Waals surface area contributed by atoms with Crippen LogP contribution in [0.15, 0.2) is 46.7 Å². The summed E-state index contributed by atoms with van der Waals surface area (Å²) < 4.78 is 0. The van der Waals surface area contributed by atoms with E-state index in [4.69, 9.17) is 34.8 Å². The molecule has 5 heteroatoms. The predicted octanol–water partition coefficient (Wildman–Crippen LogP) is 3.86. The van der Waals surface area contributed by atoms with Gasteiger partial charge in [0.15, 0.2) is 0 Å². The highest BCUT2D eigenvalue weighted by Crippen LogP contribution is 2.17. The summed E-state index contributed by atoms with van der Waals surface area (Å²) in [7, 11) is 0. The minimum Gasteiger partial charge on any atom is -0.287 e. The molecule has 0 spiro atoms. The van der Waals surface area contributed by atoms with Gasteiger partial charge in [0.25, 0.3) is 0 Å². The quantitative estimate of drug-likeness (QED) is 0.850. The first-order chi connectivity index (χ1) is 8.15. The second kappa shape index (κ2) is 5.67. The van der Waals surface area contributed by atoms with E-state index >= 15 is 0 Å². The van der Waals surface area contributed by atoms with Crippen molar-refractivity contribution < 1.29 is 0 Å². The molecule has 0 atom stereocenters. The third-order valence-electron chi connectivity index (χ3n) is 2.38. The Labute approximate surface area is 115 Å². The molecule has 1 aromatic carbocycles. The molecule has 0 aliphatic carbocycles. The Hall–Kier alpha value is -0.830. The summed E-state index contributed by atoms with van der Waals surface area (Å²) >= 11 is 17.8. The number of benzene rings is 1. The number of nitrogens with one attached hydrogen (secondary N) is 1. The van der Waals surface area contributed by atoms with Crippen LogP contribution in [-0.2, 0) is 6.42 Å². The smallest absolute Gasteiger partial charge is 0.123 e. The first-order valence-electron chi connectivity index (χ1n) is 5.17. The second-order valence-electron chi connectivity index (χ2n) is 3.65. The number of hydrazine groups is 1. The molecule has 0 bridgehead atoms. The van der Waals surface area contributed by atoms with Crippen molar-refractivity contribution in [2.45, 2.75) is 6.42 Å². The second-order valence-corrected chi connectivity index (χ2v) is 4.88. The summed E-state index contributed by atoms with van der Waals surface area (Å²) in [6.07, 6.45) is 4.32. The van der Waals surface area contributed by atoms with Crippen LogP contribution in [-0.4, -0.2) is 11.6 Å². The topological polar surface area (TPSA) is 15.3 Å². The highest BCUT2D eigenvalue weighted by molar-refractivity contribution is 6.31. The third kappa shape index (κ3) is 3.56. The Bertz CT molecular complexity index is 469. The molecule has 1 N–H and O–H groups in total. The summed E-state index contributed by atoms with van der Waals surface area (Å²) in [5.74, 6) is 0. The van der Waals surface area contributed by atoms with Gasteiger partial charge < -0.3 is 0 Å². The van der Waals surface area contributed by atoms with Crippen LogP contribution in [0, 0.1) is 0 Å². The lowest BCUT2D eigenvalue weighted by atomic mass is 10.1. The zero-order valence-electron chi connectivity index (χ0n) is 8.96. The van der Waals surface area contributed by atoms with E-state index in [9.17, 15) is 0 Å². The monoisotopic (exact) mass is 288 g/mol. The maximum absolute atomic E-state index is 6.04. The lowest BCUT2D eigenvalue weighted by Crippen LogP contribution is -2.37. The number of hydrogen-bond acceptors (Lipinski definition) is 2. The van der Waals surface area contributed by atoms with Gasteiger partial charge >= 0.3 is 0 Å². The van der Waals surface area contributed by atoms with E-state index < -0.39 is 0 Å². The van der Waals surface area contributed by atoms with E-state index in [1.165, 1.54) is 0 Å². The molecule has 0 saturated heterocycles. The van der Waals surface area contributed by atoms with Gasteiger partial charge in [0.1, 0.15) is 10.3 Å². The molecule has 2 rings (SSSR count). The molecule has 2 nitrogen and oxygen atoms in total. The van der Waals surface area contributed by atoms with Crippen LogP contribution >= 0.6 is 34.8 Å². The molecule has 0 unspecified atom stereocenters. The number of nitrogens with zero attached hydrogens (tertiary/aromatic N) is 1. The average molecular weight is 290 g/mol. The normalized spacial score (nSPS) is 15.1. The van der Waals surface area contributed by atoms with Gasteiger partial charge in [-0.3, -0.25) is 10.4 Å². The number of allylic oxidation sites excluding steroid dienone is 2. The van der Waals surface area contributed by atoms with Crippen LogP contribution in [0.4, 0.5) is 0 Å². The van der Waals surface area contributed by atoms with Crippen molar-refractivity contribution in [3.63, 3.8) is 0 Å². The van der Waals surface area contributed by atoms with Crippen molar-refractivity contribution in [3.8, 4) is 0 Å².